The van der Waals surface area contributed by atoms with Crippen molar-refractivity contribution in [3.63, 3.8) is 0 Å². The minimum Gasteiger partial charge on any atom is -0.378 e. The normalized spacial score (nSPS) is 19.7. The average Bonchev–Trinajstić information content (AvgIpc) is 2.39. The maximum absolute atomic E-state index is 11.9. The molecule has 0 radical (unpaired) electrons. The Kier molecular flexibility index (Phi) is 6.30. The second-order valence-corrected chi connectivity index (χ2v) is 5.87. The largest absolute Gasteiger partial charge is 0.378 e. The Morgan fingerprint density at radius 1 is 1.42 bits per heavy atom. The lowest BCUT2D eigenvalue weighted by atomic mass is 9.76. The van der Waals surface area contributed by atoms with Gasteiger partial charge in [-0.05, 0) is 39.5 Å². The second kappa shape index (κ2) is 7.49. The minimum atomic E-state index is -0.727. The molecule has 4 heteroatoms. The lowest BCUT2D eigenvalue weighted by molar-refractivity contribution is -0.124. The standard InChI is InChI=1S/C15H26N2O2/c1-12(2)19-10-9-14(18)17-15(3,11-16)13-7-5-4-6-8-13/h12-13H,4-10H2,1-3H3,(H,17,18)/t15-/m0/s1. The Balaban J connectivity index is 2.45. The number of hydrogen-bond acceptors (Lipinski definition) is 3. The Morgan fingerprint density at radius 3 is 2.58 bits per heavy atom. The average molecular weight is 266 g/mol. The first kappa shape index (κ1) is 16.0. The molecule has 19 heavy (non-hydrogen) atoms. The summed E-state index contributed by atoms with van der Waals surface area (Å²) in [5.74, 6) is 0.191. The summed E-state index contributed by atoms with van der Waals surface area (Å²) >= 11 is 0. The van der Waals surface area contributed by atoms with Crippen molar-refractivity contribution in [2.24, 2.45) is 5.92 Å². The molecule has 4 nitrogen and oxygen atoms in total. The predicted molar refractivity (Wildman–Crippen MR) is 74.4 cm³/mol. The maximum atomic E-state index is 11.9. The van der Waals surface area contributed by atoms with E-state index in [-0.39, 0.29) is 17.9 Å². The van der Waals surface area contributed by atoms with Gasteiger partial charge in [-0.15, -0.1) is 0 Å². The summed E-state index contributed by atoms with van der Waals surface area (Å²) in [7, 11) is 0. The molecule has 0 aliphatic heterocycles. The number of amides is 1. The van der Waals surface area contributed by atoms with Gasteiger partial charge >= 0.3 is 0 Å². The molecule has 0 aromatic rings. The number of ether oxygens (including phenoxy) is 1. The summed E-state index contributed by atoms with van der Waals surface area (Å²) < 4.78 is 5.36. The fourth-order valence-electron chi connectivity index (χ4n) is 2.64. The zero-order valence-electron chi connectivity index (χ0n) is 12.4. The van der Waals surface area contributed by atoms with Gasteiger partial charge in [-0.2, -0.15) is 5.26 Å². The van der Waals surface area contributed by atoms with Gasteiger partial charge in [0.05, 0.1) is 25.2 Å². The number of nitrogens with zero attached hydrogens (tertiary/aromatic N) is 1. The Hall–Kier alpha value is -1.08. The van der Waals surface area contributed by atoms with E-state index in [1.54, 1.807) is 0 Å². The van der Waals surface area contributed by atoms with E-state index in [1.807, 2.05) is 20.8 Å². The van der Waals surface area contributed by atoms with Gasteiger partial charge in [0.25, 0.3) is 0 Å². The van der Waals surface area contributed by atoms with Crippen LogP contribution in [0.4, 0.5) is 0 Å². The summed E-state index contributed by atoms with van der Waals surface area (Å²) in [5, 5.41) is 12.3. The van der Waals surface area contributed by atoms with Crippen LogP contribution in [-0.4, -0.2) is 24.2 Å². The van der Waals surface area contributed by atoms with E-state index in [4.69, 9.17) is 4.74 Å². The fourth-order valence-corrected chi connectivity index (χ4v) is 2.64. The van der Waals surface area contributed by atoms with Crippen LogP contribution in [0, 0.1) is 17.2 Å². The summed E-state index contributed by atoms with van der Waals surface area (Å²) in [6, 6.07) is 2.31. The number of hydrogen-bond donors (Lipinski definition) is 1. The second-order valence-electron chi connectivity index (χ2n) is 5.87. The van der Waals surface area contributed by atoms with E-state index < -0.39 is 5.54 Å². The molecule has 1 aliphatic carbocycles. The summed E-state index contributed by atoms with van der Waals surface area (Å²) in [5.41, 5.74) is -0.727. The zero-order valence-corrected chi connectivity index (χ0v) is 12.4. The smallest absolute Gasteiger partial charge is 0.223 e. The number of carbonyl (C=O) groups is 1. The molecule has 0 heterocycles. The number of nitriles is 1. The van der Waals surface area contributed by atoms with Gasteiger partial charge in [-0.1, -0.05) is 19.3 Å². The molecule has 1 saturated carbocycles. The molecule has 108 valence electrons. The van der Waals surface area contributed by atoms with E-state index in [0.29, 0.717) is 13.0 Å². The molecule has 0 aromatic heterocycles. The molecular weight excluding hydrogens is 240 g/mol. The Bertz CT molecular complexity index is 330. The third kappa shape index (κ3) is 5.20. The predicted octanol–water partition coefficient (Wildman–Crippen LogP) is 2.78. The SMILES string of the molecule is CC(C)OCCC(=O)N[C@@](C)(C#N)C1CCCCC1. The van der Waals surface area contributed by atoms with Crippen LogP contribution in [0.25, 0.3) is 0 Å². The van der Waals surface area contributed by atoms with Gasteiger partial charge in [0.15, 0.2) is 0 Å². The molecular formula is C15H26N2O2. The van der Waals surface area contributed by atoms with Crippen molar-refractivity contribution < 1.29 is 9.53 Å². The van der Waals surface area contributed by atoms with E-state index >= 15 is 0 Å². The van der Waals surface area contributed by atoms with Crippen LogP contribution in [0.5, 0.6) is 0 Å². The maximum Gasteiger partial charge on any atom is 0.223 e. The van der Waals surface area contributed by atoms with Crippen molar-refractivity contribution in [2.75, 3.05) is 6.61 Å². The summed E-state index contributed by atoms with van der Waals surface area (Å²) in [6.07, 6.45) is 6.09. The van der Waals surface area contributed by atoms with Gasteiger partial charge in [0.1, 0.15) is 5.54 Å². The van der Waals surface area contributed by atoms with E-state index in [2.05, 4.69) is 11.4 Å². The molecule has 0 saturated heterocycles. The van der Waals surface area contributed by atoms with Crippen molar-refractivity contribution in [1.29, 1.82) is 5.26 Å². The van der Waals surface area contributed by atoms with Crippen molar-refractivity contribution in [2.45, 2.75) is 70.9 Å². The lowest BCUT2D eigenvalue weighted by Crippen LogP contribution is -2.51. The van der Waals surface area contributed by atoms with Crippen molar-refractivity contribution in [3.8, 4) is 6.07 Å². The summed E-state index contributed by atoms with van der Waals surface area (Å²) in [6.45, 7) is 6.15. The van der Waals surface area contributed by atoms with E-state index in [0.717, 1.165) is 25.7 Å². The lowest BCUT2D eigenvalue weighted by Gasteiger charge is -2.35. The highest BCUT2D eigenvalue weighted by Crippen LogP contribution is 2.32. The van der Waals surface area contributed by atoms with Gasteiger partial charge in [0, 0.05) is 0 Å². The number of carbonyl (C=O) groups excluding carboxylic acids is 1. The van der Waals surface area contributed by atoms with Crippen LogP contribution >= 0.6 is 0 Å². The highest BCUT2D eigenvalue weighted by molar-refractivity contribution is 5.77. The zero-order chi connectivity index (χ0) is 14.3. The molecule has 1 aliphatic rings. The van der Waals surface area contributed by atoms with Crippen LogP contribution in [0.3, 0.4) is 0 Å². The molecule has 1 rings (SSSR count). The van der Waals surface area contributed by atoms with Crippen LogP contribution in [0.2, 0.25) is 0 Å². The molecule has 0 spiro atoms. The third-order valence-corrected chi connectivity index (χ3v) is 3.83. The Labute approximate surface area is 116 Å². The molecule has 1 fully saturated rings. The molecule has 0 unspecified atom stereocenters. The van der Waals surface area contributed by atoms with Crippen LogP contribution in [0.15, 0.2) is 0 Å². The Morgan fingerprint density at radius 2 is 2.05 bits per heavy atom. The molecule has 1 atom stereocenters. The topological polar surface area (TPSA) is 62.1 Å². The molecule has 0 aromatic carbocycles. The first-order valence-electron chi connectivity index (χ1n) is 7.32. The van der Waals surface area contributed by atoms with E-state index in [9.17, 15) is 10.1 Å². The van der Waals surface area contributed by atoms with Crippen LogP contribution in [-0.2, 0) is 9.53 Å². The first-order valence-corrected chi connectivity index (χ1v) is 7.32. The number of nitrogens with one attached hydrogen (secondary N) is 1. The fraction of sp³-hybridized carbons (Fsp3) is 0.867. The van der Waals surface area contributed by atoms with Crippen molar-refractivity contribution in [1.82, 2.24) is 5.32 Å². The molecule has 0 bridgehead atoms. The van der Waals surface area contributed by atoms with Crippen LogP contribution < -0.4 is 5.32 Å². The minimum absolute atomic E-state index is 0.0877. The summed E-state index contributed by atoms with van der Waals surface area (Å²) in [4.78, 5) is 11.9. The molecule has 1 N–H and O–H groups in total. The third-order valence-electron chi connectivity index (χ3n) is 3.83. The van der Waals surface area contributed by atoms with Gasteiger partial charge in [-0.25, -0.2) is 0 Å². The van der Waals surface area contributed by atoms with Gasteiger partial charge in [0.2, 0.25) is 5.91 Å². The van der Waals surface area contributed by atoms with Gasteiger partial charge < -0.3 is 10.1 Å². The van der Waals surface area contributed by atoms with Gasteiger partial charge in [-0.3, -0.25) is 4.79 Å². The molecule has 1 amide bonds. The van der Waals surface area contributed by atoms with Crippen LogP contribution in [0.1, 0.15) is 59.3 Å². The van der Waals surface area contributed by atoms with Crippen molar-refractivity contribution in [3.05, 3.63) is 0 Å². The van der Waals surface area contributed by atoms with E-state index in [1.165, 1.54) is 6.42 Å². The highest BCUT2D eigenvalue weighted by atomic mass is 16.5. The monoisotopic (exact) mass is 266 g/mol. The highest BCUT2D eigenvalue weighted by Gasteiger charge is 2.36. The quantitative estimate of drug-likeness (QED) is 0.804. The first-order chi connectivity index (χ1) is 8.98. The van der Waals surface area contributed by atoms with Crippen molar-refractivity contribution >= 4 is 5.91 Å². The number of rotatable bonds is 6.